The minimum Gasteiger partial charge on any atom is -0.332 e. The number of hydrogen-bond donors (Lipinski definition) is 3. The van der Waals surface area contributed by atoms with E-state index in [1.807, 2.05) is 30.0 Å². The van der Waals surface area contributed by atoms with Crippen LogP contribution in [0, 0.1) is 0 Å². The van der Waals surface area contributed by atoms with Gasteiger partial charge in [0.15, 0.2) is 0 Å². The Morgan fingerprint density at radius 3 is 2.86 bits per heavy atom. The topological polar surface area (TPSA) is 96.0 Å². The monoisotopic (exact) mass is 431 g/mol. The van der Waals surface area contributed by atoms with Gasteiger partial charge in [-0.15, -0.1) is 10.2 Å². The van der Waals surface area contributed by atoms with Crippen LogP contribution in [0.15, 0.2) is 30.3 Å². The summed E-state index contributed by atoms with van der Waals surface area (Å²) in [7, 11) is 0. The molecule has 2 aliphatic heterocycles. The third-order valence-corrected chi connectivity index (χ3v) is 7.67. The Balaban J connectivity index is 1.13. The van der Waals surface area contributed by atoms with Crippen LogP contribution in [0.25, 0.3) is 0 Å². The maximum absolute atomic E-state index is 12.2. The molecule has 3 atom stereocenters. The second-order valence-corrected chi connectivity index (χ2v) is 9.74. The van der Waals surface area contributed by atoms with Crippen molar-refractivity contribution in [1.82, 2.24) is 20.8 Å². The molecule has 0 unspecified atom stereocenters. The first-order valence-corrected chi connectivity index (χ1v) is 11.9. The number of rotatable bonds is 9. The van der Waals surface area contributed by atoms with Crippen LogP contribution < -0.4 is 16.0 Å². The summed E-state index contributed by atoms with van der Waals surface area (Å²) in [5, 5.41) is 19.0. The first-order chi connectivity index (χ1) is 14.2. The number of hydrogen-bond acceptors (Lipinski definition) is 6. The molecule has 3 heterocycles. The molecule has 2 aromatic rings. The minimum absolute atomic E-state index is 0.0106. The molecular formula is C20H25N5O2S2. The second kappa shape index (κ2) is 9.58. The van der Waals surface area contributed by atoms with Gasteiger partial charge < -0.3 is 16.0 Å². The number of aromatic nitrogens is 2. The standard InChI is InChI=1S/C20H25N5O2S2/c26-16(9-5-4-8-15-18-14(12-28-15)21-19(27)23-18)22-20-25-24-17(29-20)11-10-13-6-2-1-3-7-13/h1-3,6-7,14-15,18H,4-5,8-12H2,(H2,21,23,27)(H,22,25,26)/t14-,15-,18-/m0/s1. The molecule has 7 nitrogen and oxygen atoms in total. The van der Waals surface area contributed by atoms with Crippen LogP contribution in [0.1, 0.15) is 36.3 Å². The third-order valence-electron chi connectivity index (χ3n) is 5.26. The SMILES string of the molecule is O=C(CCCC[C@@H]1SC[C@@H]2NC(=O)N[C@@H]21)Nc1nnc(CCc2ccccc2)s1. The van der Waals surface area contributed by atoms with Crippen molar-refractivity contribution in [2.75, 3.05) is 11.1 Å². The minimum atomic E-state index is -0.0510. The predicted octanol–water partition coefficient (Wildman–Crippen LogP) is 2.99. The van der Waals surface area contributed by atoms with Gasteiger partial charge in [-0.05, 0) is 24.8 Å². The number of aryl methyl sites for hydroxylation is 2. The quantitative estimate of drug-likeness (QED) is 0.419. The van der Waals surface area contributed by atoms with Crippen molar-refractivity contribution in [2.45, 2.75) is 55.9 Å². The first-order valence-electron chi connectivity index (χ1n) is 10.0. The van der Waals surface area contributed by atoms with Gasteiger partial charge in [0.25, 0.3) is 0 Å². The van der Waals surface area contributed by atoms with E-state index in [2.05, 4.69) is 38.3 Å². The maximum Gasteiger partial charge on any atom is 0.315 e. The predicted molar refractivity (Wildman–Crippen MR) is 116 cm³/mol. The number of amides is 3. The molecule has 2 fully saturated rings. The van der Waals surface area contributed by atoms with E-state index in [9.17, 15) is 9.59 Å². The summed E-state index contributed by atoms with van der Waals surface area (Å²) in [5.74, 6) is 0.960. The Morgan fingerprint density at radius 1 is 1.14 bits per heavy atom. The molecular weight excluding hydrogens is 406 g/mol. The van der Waals surface area contributed by atoms with Crippen molar-refractivity contribution < 1.29 is 9.59 Å². The van der Waals surface area contributed by atoms with Crippen molar-refractivity contribution in [3.8, 4) is 0 Å². The van der Waals surface area contributed by atoms with Gasteiger partial charge in [0.1, 0.15) is 5.01 Å². The molecule has 0 bridgehead atoms. The lowest BCUT2D eigenvalue weighted by Gasteiger charge is -2.16. The number of anilines is 1. The summed E-state index contributed by atoms with van der Waals surface area (Å²) in [5.41, 5.74) is 1.27. The Morgan fingerprint density at radius 2 is 2.00 bits per heavy atom. The van der Waals surface area contributed by atoms with Gasteiger partial charge in [0.05, 0.1) is 12.1 Å². The maximum atomic E-state index is 12.2. The van der Waals surface area contributed by atoms with Crippen LogP contribution in [0.4, 0.5) is 9.93 Å². The number of thioether (sulfide) groups is 1. The van der Waals surface area contributed by atoms with Crippen molar-refractivity contribution in [3.05, 3.63) is 40.9 Å². The van der Waals surface area contributed by atoms with Crippen LogP contribution in [-0.4, -0.2) is 45.2 Å². The van der Waals surface area contributed by atoms with E-state index >= 15 is 0 Å². The molecule has 4 rings (SSSR count). The molecule has 2 saturated heterocycles. The zero-order chi connectivity index (χ0) is 20.1. The van der Waals surface area contributed by atoms with Crippen molar-refractivity contribution in [2.24, 2.45) is 0 Å². The third kappa shape index (κ3) is 5.48. The summed E-state index contributed by atoms with van der Waals surface area (Å²) in [6, 6.07) is 10.7. The van der Waals surface area contributed by atoms with Crippen molar-refractivity contribution >= 4 is 40.2 Å². The first kappa shape index (κ1) is 20.2. The molecule has 0 saturated carbocycles. The Kier molecular flexibility index (Phi) is 6.66. The number of urea groups is 1. The molecule has 154 valence electrons. The number of unbranched alkanes of at least 4 members (excludes halogenated alkanes) is 1. The van der Waals surface area contributed by atoms with E-state index in [-0.39, 0.29) is 24.0 Å². The normalized spacial score (nSPS) is 22.8. The molecule has 1 aromatic carbocycles. The van der Waals surface area contributed by atoms with Crippen molar-refractivity contribution in [1.29, 1.82) is 0 Å². The van der Waals surface area contributed by atoms with E-state index in [0.29, 0.717) is 16.8 Å². The summed E-state index contributed by atoms with van der Waals surface area (Å²) >= 11 is 3.36. The molecule has 9 heteroatoms. The lowest BCUT2D eigenvalue weighted by molar-refractivity contribution is -0.116. The molecule has 1 aromatic heterocycles. The largest absolute Gasteiger partial charge is 0.332 e. The summed E-state index contributed by atoms with van der Waals surface area (Å²) in [4.78, 5) is 23.6. The highest BCUT2D eigenvalue weighted by Crippen LogP contribution is 2.33. The van der Waals surface area contributed by atoms with Gasteiger partial charge in [-0.2, -0.15) is 11.8 Å². The van der Waals surface area contributed by atoms with Crippen LogP contribution in [0.2, 0.25) is 0 Å². The molecule has 3 N–H and O–H groups in total. The molecule has 0 spiro atoms. The van der Waals surface area contributed by atoms with Crippen LogP contribution in [-0.2, 0) is 17.6 Å². The summed E-state index contributed by atoms with van der Waals surface area (Å²) < 4.78 is 0. The highest BCUT2D eigenvalue weighted by molar-refractivity contribution is 8.00. The van der Waals surface area contributed by atoms with Crippen LogP contribution in [0.3, 0.4) is 0 Å². The fourth-order valence-corrected chi connectivity index (χ4v) is 6.06. The molecule has 0 radical (unpaired) electrons. The van der Waals surface area contributed by atoms with Gasteiger partial charge in [-0.1, -0.05) is 48.1 Å². The van der Waals surface area contributed by atoms with Crippen molar-refractivity contribution in [3.63, 3.8) is 0 Å². The average molecular weight is 432 g/mol. The Bertz CT molecular complexity index is 844. The number of carbonyl (C=O) groups excluding carboxylic acids is 2. The smallest absolute Gasteiger partial charge is 0.315 e. The van der Waals surface area contributed by atoms with Gasteiger partial charge >= 0.3 is 6.03 Å². The molecule has 29 heavy (non-hydrogen) atoms. The van der Waals surface area contributed by atoms with Gasteiger partial charge in [-0.25, -0.2) is 4.79 Å². The molecule has 0 aliphatic carbocycles. The zero-order valence-corrected chi connectivity index (χ0v) is 17.7. The lowest BCUT2D eigenvalue weighted by Crippen LogP contribution is -2.36. The molecule has 3 amide bonds. The van der Waals surface area contributed by atoms with Gasteiger partial charge in [-0.3, -0.25) is 4.79 Å². The fourth-order valence-electron chi connectivity index (χ4n) is 3.76. The number of fused-ring (bicyclic) bond motifs is 1. The average Bonchev–Trinajstić information content (AvgIpc) is 3.41. The fraction of sp³-hybridized carbons (Fsp3) is 0.500. The van der Waals surface area contributed by atoms with Crippen LogP contribution in [0.5, 0.6) is 0 Å². The summed E-state index contributed by atoms with van der Waals surface area (Å²) in [6.07, 6.45) is 5.05. The lowest BCUT2D eigenvalue weighted by atomic mass is 10.0. The van der Waals surface area contributed by atoms with E-state index in [1.54, 1.807) is 0 Å². The Labute approximate surface area is 178 Å². The highest BCUT2D eigenvalue weighted by Gasteiger charge is 2.42. The van der Waals surface area contributed by atoms with E-state index < -0.39 is 0 Å². The molecule has 2 aliphatic rings. The van der Waals surface area contributed by atoms with E-state index in [4.69, 9.17) is 0 Å². The Hall–Kier alpha value is -2.13. The number of nitrogens with one attached hydrogen (secondary N) is 3. The second-order valence-electron chi connectivity index (χ2n) is 7.40. The van der Waals surface area contributed by atoms with E-state index in [0.717, 1.165) is 42.9 Å². The van der Waals surface area contributed by atoms with Gasteiger partial charge in [0, 0.05) is 23.8 Å². The number of nitrogens with zero attached hydrogens (tertiary/aromatic N) is 2. The zero-order valence-electron chi connectivity index (χ0n) is 16.1. The van der Waals surface area contributed by atoms with Gasteiger partial charge in [0.2, 0.25) is 11.0 Å². The number of benzene rings is 1. The number of carbonyl (C=O) groups is 2. The summed E-state index contributed by atoms with van der Waals surface area (Å²) in [6.45, 7) is 0. The van der Waals surface area contributed by atoms with Crippen LogP contribution >= 0.6 is 23.1 Å². The highest BCUT2D eigenvalue weighted by atomic mass is 32.2. The van der Waals surface area contributed by atoms with E-state index in [1.165, 1.54) is 16.9 Å².